The minimum absolute atomic E-state index is 0.0495. The third-order valence-electron chi connectivity index (χ3n) is 4.64. The Morgan fingerprint density at radius 1 is 1.19 bits per heavy atom. The van der Waals surface area contributed by atoms with Crippen molar-refractivity contribution in [2.75, 3.05) is 0 Å². The highest BCUT2D eigenvalue weighted by Crippen LogP contribution is 2.23. The van der Waals surface area contributed by atoms with Crippen molar-refractivity contribution in [1.29, 1.82) is 0 Å². The van der Waals surface area contributed by atoms with E-state index >= 15 is 0 Å². The zero-order valence-electron chi connectivity index (χ0n) is 15.3. The van der Waals surface area contributed by atoms with E-state index in [0.717, 1.165) is 25.7 Å². The van der Waals surface area contributed by atoms with Gasteiger partial charge in [0.25, 0.3) is 5.91 Å². The van der Waals surface area contributed by atoms with Crippen molar-refractivity contribution in [2.45, 2.75) is 63.4 Å². The lowest BCUT2D eigenvalue weighted by Crippen LogP contribution is -2.44. The standard InChI is InChI=1S/C18H26N2O5S/c1-11(2)16(18(22)23)19-17(21)13-9-8-12(3)15(10-13)26(24,25)20-14-6-4-5-7-14/h8-11,14,16,20H,4-7H2,1-3H3,(H,19,21)(H,22,23)/t16-/m1/s1. The van der Waals surface area contributed by atoms with Gasteiger partial charge in [0, 0.05) is 11.6 Å². The average Bonchev–Trinajstić information content (AvgIpc) is 3.04. The van der Waals surface area contributed by atoms with Gasteiger partial charge < -0.3 is 10.4 Å². The number of carbonyl (C=O) groups is 2. The molecule has 1 fully saturated rings. The number of benzene rings is 1. The summed E-state index contributed by atoms with van der Waals surface area (Å²) in [5.41, 5.74) is 0.653. The normalized spacial score (nSPS) is 16.6. The lowest BCUT2D eigenvalue weighted by molar-refractivity contribution is -0.140. The summed E-state index contributed by atoms with van der Waals surface area (Å²) in [7, 11) is -3.74. The van der Waals surface area contributed by atoms with Crippen molar-refractivity contribution < 1.29 is 23.1 Å². The summed E-state index contributed by atoms with van der Waals surface area (Å²) in [6.07, 6.45) is 3.63. The molecule has 0 bridgehead atoms. The molecule has 1 saturated carbocycles. The Morgan fingerprint density at radius 3 is 2.35 bits per heavy atom. The quantitative estimate of drug-likeness (QED) is 0.668. The van der Waals surface area contributed by atoms with Crippen LogP contribution in [0.4, 0.5) is 0 Å². The molecule has 3 N–H and O–H groups in total. The molecule has 0 aliphatic heterocycles. The molecule has 1 aliphatic rings. The first-order valence-electron chi connectivity index (χ1n) is 8.78. The van der Waals surface area contributed by atoms with Crippen LogP contribution >= 0.6 is 0 Å². The van der Waals surface area contributed by atoms with E-state index in [4.69, 9.17) is 0 Å². The van der Waals surface area contributed by atoms with Crippen molar-refractivity contribution >= 4 is 21.9 Å². The fourth-order valence-corrected chi connectivity index (χ4v) is 4.67. The van der Waals surface area contributed by atoms with Gasteiger partial charge >= 0.3 is 5.97 Å². The van der Waals surface area contributed by atoms with E-state index in [1.54, 1.807) is 26.8 Å². The van der Waals surface area contributed by atoms with Crippen molar-refractivity contribution in [3.05, 3.63) is 29.3 Å². The SMILES string of the molecule is Cc1ccc(C(=O)N[C@@H](C(=O)O)C(C)C)cc1S(=O)(=O)NC1CCCC1. The topological polar surface area (TPSA) is 113 Å². The van der Waals surface area contributed by atoms with Crippen LogP contribution in [0.3, 0.4) is 0 Å². The molecule has 1 atom stereocenters. The number of carboxylic acids is 1. The minimum Gasteiger partial charge on any atom is -0.480 e. The van der Waals surface area contributed by atoms with Crippen LogP contribution in [-0.2, 0) is 14.8 Å². The first-order valence-corrected chi connectivity index (χ1v) is 10.3. The second-order valence-corrected chi connectivity index (χ2v) is 8.80. The van der Waals surface area contributed by atoms with Crippen molar-refractivity contribution in [3.63, 3.8) is 0 Å². The molecule has 1 aliphatic carbocycles. The minimum atomic E-state index is -3.74. The van der Waals surface area contributed by atoms with Crippen LogP contribution in [0.15, 0.2) is 23.1 Å². The van der Waals surface area contributed by atoms with Crippen LogP contribution in [0.2, 0.25) is 0 Å². The van der Waals surface area contributed by atoms with Gasteiger partial charge in [0.05, 0.1) is 4.90 Å². The van der Waals surface area contributed by atoms with Gasteiger partial charge in [-0.2, -0.15) is 0 Å². The highest BCUT2D eigenvalue weighted by atomic mass is 32.2. The van der Waals surface area contributed by atoms with Crippen molar-refractivity contribution in [2.24, 2.45) is 5.92 Å². The summed E-state index contributed by atoms with van der Waals surface area (Å²) in [5, 5.41) is 11.7. The number of sulfonamides is 1. The molecule has 0 aromatic heterocycles. The van der Waals surface area contributed by atoms with E-state index in [9.17, 15) is 23.1 Å². The van der Waals surface area contributed by atoms with Crippen LogP contribution in [0.25, 0.3) is 0 Å². The first-order chi connectivity index (χ1) is 12.1. The highest BCUT2D eigenvalue weighted by molar-refractivity contribution is 7.89. The molecular weight excluding hydrogens is 356 g/mol. The van der Waals surface area contributed by atoms with Crippen LogP contribution in [-0.4, -0.2) is 37.5 Å². The first kappa shape index (κ1) is 20.4. The third kappa shape index (κ3) is 4.82. The Morgan fingerprint density at radius 2 is 1.81 bits per heavy atom. The van der Waals surface area contributed by atoms with E-state index < -0.39 is 27.9 Å². The molecule has 1 aromatic rings. The molecule has 8 heteroatoms. The zero-order valence-corrected chi connectivity index (χ0v) is 16.1. The van der Waals surface area contributed by atoms with Gasteiger partial charge in [0.1, 0.15) is 6.04 Å². The van der Waals surface area contributed by atoms with Gasteiger partial charge in [-0.05, 0) is 43.4 Å². The van der Waals surface area contributed by atoms with Crippen LogP contribution in [0, 0.1) is 12.8 Å². The molecule has 144 valence electrons. The van der Waals surface area contributed by atoms with Crippen LogP contribution in [0.5, 0.6) is 0 Å². The lowest BCUT2D eigenvalue weighted by atomic mass is 10.0. The predicted octanol–water partition coefficient (Wildman–Crippen LogP) is 2.05. The number of aryl methyl sites for hydroxylation is 1. The Balaban J connectivity index is 2.25. The van der Waals surface area contributed by atoms with Crippen molar-refractivity contribution in [3.8, 4) is 0 Å². The molecular formula is C18H26N2O5S. The van der Waals surface area contributed by atoms with Gasteiger partial charge in [-0.25, -0.2) is 17.9 Å². The van der Waals surface area contributed by atoms with E-state index in [0.29, 0.717) is 5.56 Å². The Bertz CT molecular complexity index is 783. The van der Waals surface area contributed by atoms with E-state index in [-0.39, 0.29) is 22.4 Å². The maximum absolute atomic E-state index is 12.7. The molecule has 0 heterocycles. The number of nitrogens with one attached hydrogen (secondary N) is 2. The predicted molar refractivity (Wildman–Crippen MR) is 97.5 cm³/mol. The van der Waals surface area contributed by atoms with Crippen LogP contribution in [0.1, 0.15) is 55.5 Å². The van der Waals surface area contributed by atoms with Gasteiger partial charge in [-0.1, -0.05) is 32.8 Å². The van der Waals surface area contributed by atoms with E-state index in [1.807, 2.05) is 0 Å². The fourth-order valence-electron chi connectivity index (χ4n) is 3.10. The Kier molecular flexibility index (Phi) is 6.41. The summed E-state index contributed by atoms with van der Waals surface area (Å²) in [6.45, 7) is 5.05. The maximum atomic E-state index is 12.7. The second-order valence-electron chi connectivity index (χ2n) is 7.12. The molecule has 0 unspecified atom stereocenters. The Labute approximate surface area is 154 Å². The van der Waals surface area contributed by atoms with E-state index in [2.05, 4.69) is 10.0 Å². The molecule has 0 spiro atoms. The molecule has 2 rings (SSSR count). The van der Waals surface area contributed by atoms with Crippen LogP contribution < -0.4 is 10.0 Å². The molecule has 1 aromatic carbocycles. The monoisotopic (exact) mass is 382 g/mol. The second kappa shape index (κ2) is 8.18. The fraction of sp³-hybridized carbons (Fsp3) is 0.556. The van der Waals surface area contributed by atoms with Gasteiger partial charge in [-0.15, -0.1) is 0 Å². The number of rotatable bonds is 7. The maximum Gasteiger partial charge on any atom is 0.326 e. The number of hydrogen-bond acceptors (Lipinski definition) is 4. The molecule has 7 nitrogen and oxygen atoms in total. The zero-order chi connectivity index (χ0) is 19.5. The number of carboxylic acid groups (broad SMARTS) is 1. The number of amides is 1. The number of hydrogen-bond donors (Lipinski definition) is 3. The van der Waals surface area contributed by atoms with Gasteiger partial charge in [0.15, 0.2) is 0 Å². The lowest BCUT2D eigenvalue weighted by Gasteiger charge is -2.19. The number of carbonyl (C=O) groups excluding carboxylic acids is 1. The third-order valence-corrected chi connectivity index (χ3v) is 6.30. The summed E-state index contributed by atoms with van der Waals surface area (Å²) in [6, 6.07) is 3.25. The average molecular weight is 382 g/mol. The largest absolute Gasteiger partial charge is 0.480 e. The summed E-state index contributed by atoms with van der Waals surface area (Å²) in [5.74, 6) is -2.03. The summed E-state index contributed by atoms with van der Waals surface area (Å²) < 4.78 is 28.1. The molecule has 0 radical (unpaired) electrons. The molecule has 0 saturated heterocycles. The Hall–Kier alpha value is -1.93. The molecule has 1 amide bonds. The van der Waals surface area contributed by atoms with Crippen molar-refractivity contribution in [1.82, 2.24) is 10.0 Å². The number of aliphatic carboxylic acids is 1. The van der Waals surface area contributed by atoms with Gasteiger partial charge in [0.2, 0.25) is 10.0 Å². The highest BCUT2D eigenvalue weighted by Gasteiger charge is 2.27. The van der Waals surface area contributed by atoms with E-state index in [1.165, 1.54) is 12.1 Å². The van der Waals surface area contributed by atoms with Gasteiger partial charge in [-0.3, -0.25) is 4.79 Å². The summed E-state index contributed by atoms with van der Waals surface area (Å²) >= 11 is 0. The molecule has 26 heavy (non-hydrogen) atoms. The smallest absolute Gasteiger partial charge is 0.326 e. The summed E-state index contributed by atoms with van der Waals surface area (Å²) in [4.78, 5) is 23.7.